The fraction of sp³-hybridized carbons (Fsp3) is 0.500. The van der Waals surface area contributed by atoms with Crippen LogP contribution in [0.5, 0.6) is 0 Å². The first kappa shape index (κ1) is 17.6. The van der Waals surface area contributed by atoms with E-state index in [-0.39, 0.29) is 11.9 Å². The molecule has 25 heavy (non-hydrogen) atoms. The van der Waals surface area contributed by atoms with E-state index in [2.05, 4.69) is 40.1 Å². The third-order valence-corrected chi connectivity index (χ3v) is 5.59. The number of hydrogen-bond donors (Lipinski definition) is 2. The van der Waals surface area contributed by atoms with Crippen LogP contribution in [0.25, 0.3) is 0 Å². The highest BCUT2D eigenvalue weighted by molar-refractivity contribution is 7.09. The first-order valence-corrected chi connectivity index (χ1v) is 9.42. The van der Waals surface area contributed by atoms with Crippen molar-refractivity contribution in [3.05, 3.63) is 38.6 Å². The molecule has 0 bridgehead atoms. The second-order valence-corrected chi connectivity index (χ2v) is 7.38. The highest BCUT2D eigenvalue weighted by atomic mass is 32.1. The Labute approximate surface area is 151 Å². The summed E-state index contributed by atoms with van der Waals surface area (Å²) in [6.45, 7) is 7.84. The molecule has 0 saturated carbocycles. The number of aromatic nitrogens is 2. The maximum Gasteiger partial charge on any atom is 0.217 e. The maximum atomic E-state index is 11.0. The topological polar surface area (TPSA) is 82.7 Å². The summed E-state index contributed by atoms with van der Waals surface area (Å²) in [6.07, 6.45) is 2.12. The summed E-state index contributed by atoms with van der Waals surface area (Å²) in [5.74, 6) is -0.0511. The minimum absolute atomic E-state index is 0.0511. The molecular weight excluding hydrogens is 334 g/mol. The van der Waals surface area contributed by atoms with Gasteiger partial charge in [0.05, 0.1) is 17.8 Å². The van der Waals surface area contributed by atoms with Crippen molar-refractivity contribution < 1.29 is 4.79 Å². The molecule has 0 spiro atoms. The van der Waals surface area contributed by atoms with E-state index in [4.69, 9.17) is 0 Å². The summed E-state index contributed by atoms with van der Waals surface area (Å²) in [6, 6.07) is 2.50. The number of fused-ring (bicyclic) bond motifs is 1. The van der Waals surface area contributed by atoms with Gasteiger partial charge in [0.2, 0.25) is 5.91 Å². The molecule has 3 heterocycles. The number of carbonyl (C=O) groups is 1. The molecule has 0 saturated heterocycles. The molecule has 1 aliphatic heterocycles. The lowest BCUT2D eigenvalue weighted by molar-refractivity contribution is -0.119. The minimum atomic E-state index is -0.0511. The van der Waals surface area contributed by atoms with Crippen LogP contribution in [0.2, 0.25) is 0 Å². The zero-order valence-electron chi connectivity index (χ0n) is 14.8. The lowest BCUT2D eigenvalue weighted by Crippen LogP contribution is -2.20. The fourth-order valence-electron chi connectivity index (χ4n) is 3.51. The Morgan fingerprint density at radius 3 is 3.04 bits per heavy atom. The molecule has 0 radical (unpaired) electrons. The van der Waals surface area contributed by atoms with E-state index >= 15 is 0 Å². The van der Waals surface area contributed by atoms with Crippen LogP contribution in [-0.4, -0.2) is 15.5 Å². The Morgan fingerprint density at radius 1 is 1.52 bits per heavy atom. The van der Waals surface area contributed by atoms with E-state index in [1.54, 1.807) is 11.3 Å². The van der Waals surface area contributed by atoms with Crippen LogP contribution in [0.3, 0.4) is 0 Å². The lowest BCUT2D eigenvalue weighted by atomic mass is 10.0. The van der Waals surface area contributed by atoms with Crippen LogP contribution >= 0.6 is 11.3 Å². The van der Waals surface area contributed by atoms with Crippen LogP contribution in [0.4, 0.5) is 0 Å². The Morgan fingerprint density at radius 2 is 2.32 bits per heavy atom. The van der Waals surface area contributed by atoms with Gasteiger partial charge in [-0.1, -0.05) is 0 Å². The molecule has 0 fully saturated rings. The van der Waals surface area contributed by atoms with Gasteiger partial charge in [-0.05, 0) is 26.7 Å². The molecule has 0 aliphatic carbocycles. The van der Waals surface area contributed by atoms with Gasteiger partial charge in [0, 0.05) is 48.4 Å². The number of carbonyl (C=O) groups excluding carboxylic acids is 1. The van der Waals surface area contributed by atoms with Crippen LogP contribution < -0.4 is 10.6 Å². The molecule has 1 unspecified atom stereocenters. The second kappa shape index (κ2) is 7.38. The van der Waals surface area contributed by atoms with Crippen molar-refractivity contribution in [1.82, 2.24) is 20.2 Å². The van der Waals surface area contributed by atoms with Crippen LogP contribution in [0, 0.1) is 18.3 Å². The number of amides is 1. The molecule has 132 valence electrons. The largest absolute Gasteiger partial charge is 0.350 e. The Hall–Kier alpha value is -2.17. The third kappa shape index (κ3) is 3.60. The van der Waals surface area contributed by atoms with Crippen LogP contribution in [-0.2, 0) is 30.8 Å². The van der Waals surface area contributed by atoms with Crippen molar-refractivity contribution in [1.29, 1.82) is 5.26 Å². The van der Waals surface area contributed by atoms with E-state index in [9.17, 15) is 10.1 Å². The Balaban J connectivity index is 1.67. The van der Waals surface area contributed by atoms with Gasteiger partial charge >= 0.3 is 0 Å². The van der Waals surface area contributed by atoms with Gasteiger partial charge in [-0.25, -0.2) is 4.98 Å². The fourth-order valence-corrected chi connectivity index (χ4v) is 4.25. The number of nitriles is 1. The summed E-state index contributed by atoms with van der Waals surface area (Å²) in [7, 11) is 0. The summed E-state index contributed by atoms with van der Waals surface area (Å²) in [5, 5.41) is 18.8. The molecule has 2 N–H and O–H groups in total. The number of hydrogen-bond acceptors (Lipinski definition) is 5. The number of nitrogens with one attached hydrogen (secondary N) is 2. The molecule has 1 amide bonds. The van der Waals surface area contributed by atoms with E-state index in [1.165, 1.54) is 18.3 Å². The maximum absolute atomic E-state index is 11.0. The van der Waals surface area contributed by atoms with Gasteiger partial charge in [0.15, 0.2) is 0 Å². The highest BCUT2D eigenvalue weighted by Gasteiger charge is 2.26. The van der Waals surface area contributed by atoms with Gasteiger partial charge in [-0.3, -0.25) is 4.79 Å². The van der Waals surface area contributed by atoms with Gasteiger partial charge < -0.3 is 15.2 Å². The predicted molar refractivity (Wildman–Crippen MR) is 97.1 cm³/mol. The van der Waals surface area contributed by atoms with Crippen molar-refractivity contribution in [2.24, 2.45) is 0 Å². The molecule has 1 atom stereocenters. The summed E-state index contributed by atoms with van der Waals surface area (Å²) in [4.78, 5) is 15.5. The van der Waals surface area contributed by atoms with E-state index < -0.39 is 0 Å². The zero-order chi connectivity index (χ0) is 18.0. The number of rotatable bonds is 6. The molecule has 1 aliphatic rings. The van der Waals surface area contributed by atoms with Crippen molar-refractivity contribution in [2.45, 2.75) is 59.3 Å². The SMILES string of the molecule is CC(=O)NCc1nc(CNC(C)c2c(C#N)c3n(c2C)CCC3)cs1. The molecule has 3 rings (SSSR count). The standard InChI is InChI=1S/C18H23N5OS/c1-11(18-12(2)23-6-4-5-16(23)15(18)7-19)20-8-14-10-25-17(22-14)9-21-13(3)24/h10-11,20H,4-6,8-9H2,1-3H3,(H,21,24). The van der Waals surface area contributed by atoms with Gasteiger partial charge in [0.25, 0.3) is 0 Å². The Kier molecular flexibility index (Phi) is 5.21. The van der Waals surface area contributed by atoms with Crippen LogP contribution in [0.1, 0.15) is 59.5 Å². The average Bonchev–Trinajstić information content (AvgIpc) is 3.28. The molecule has 2 aromatic rings. The predicted octanol–water partition coefficient (Wildman–Crippen LogP) is 2.56. The minimum Gasteiger partial charge on any atom is -0.350 e. The molecule has 6 nitrogen and oxygen atoms in total. The van der Waals surface area contributed by atoms with Gasteiger partial charge in [-0.15, -0.1) is 11.3 Å². The smallest absolute Gasteiger partial charge is 0.217 e. The van der Waals surface area contributed by atoms with E-state index in [0.29, 0.717) is 13.1 Å². The van der Waals surface area contributed by atoms with Crippen molar-refractivity contribution in [3.8, 4) is 6.07 Å². The number of thiazole rings is 1. The average molecular weight is 357 g/mol. The Bertz CT molecular complexity index is 829. The van der Waals surface area contributed by atoms with Crippen molar-refractivity contribution >= 4 is 17.2 Å². The normalized spacial score (nSPS) is 14.2. The summed E-state index contributed by atoms with van der Waals surface area (Å²) >= 11 is 1.55. The van der Waals surface area contributed by atoms with Crippen molar-refractivity contribution in [2.75, 3.05) is 0 Å². The number of nitrogens with zero attached hydrogens (tertiary/aromatic N) is 3. The molecular formula is C18H23N5OS. The quantitative estimate of drug-likeness (QED) is 0.832. The van der Waals surface area contributed by atoms with Crippen LogP contribution in [0.15, 0.2) is 5.38 Å². The van der Waals surface area contributed by atoms with E-state index in [0.717, 1.165) is 41.2 Å². The zero-order valence-corrected chi connectivity index (χ0v) is 15.7. The highest BCUT2D eigenvalue weighted by Crippen LogP contribution is 2.32. The third-order valence-electron chi connectivity index (χ3n) is 4.70. The van der Waals surface area contributed by atoms with Gasteiger partial charge in [-0.2, -0.15) is 5.26 Å². The summed E-state index contributed by atoms with van der Waals surface area (Å²) in [5.41, 5.74) is 5.31. The first-order chi connectivity index (χ1) is 12.0. The lowest BCUT2D eigenvalue weighted by Gasteiger charge is -2.15. The molecule has 7 heteroatoms. The van der Waals surface area contributed by atoms with E-state index in [1.807, 2.05) is 5.38 Å². The first-order valence-electron chi connectivity index (χ1n) is 8.54. The summed E-state index contributed by atoms with van der Waals surface area (Å²) < 4.78 is 2.29. The van der Waals surface area contributed by atoms with Crippen molar-refractivity contribution in [3.63, 3.8) is 0 Å². The van der Waals surface area contributed by atoms with Gasteiger partial charge in [0.1, 0.15) is 11.1 Å². The second-order valence-electron chi connectivity index (χ2n) is 6.43. The monoisotopic (exact) mass is 357 g/mol. The molecule has 0 aromatic carbocycles. The molecule has 2 aromatic heterocycles.